The first-order valence-electron chi connectivity index (χ1n) is 11.7. The lowest BCUT2D eigenvalue weighted by atomic mass is 9.68. The summed E-state index contributed by atoms with van der Waals surface area (Å²) in [4.78, 5) is 0. The summed E-state index contributed by atoms with van der Waals surface area (Å²) in [5.41, 5.74) is 7.80. The zero-order valence-corrected chi connectivity index (χ0v) is 19.9. The molecule has 0 aliphatic heterocycles. The van der Waals surface area contributed by atoms with Gasteiger partial charge < -0.3 is 0 Å². The van der Waals surface area contributed by atoms with Gasteiger partial charge in [0.25, 0.3) is 0 Å². The van der Waals surface area contributed by atoms with E-state index in [2.05, 4.69) is 109 Å². The van der Waals surface area contributed by atoms with E-state index in [4.69, 9.17) is 0 Å². The van der Waals surface area contributed by atoms with Crippen LogP contribution in [0.5, 0.6) is 0 Å². The van der Waals surface area contributed by atoms with E-state index in [1.165, 1.54) is 33.4 Å². The minimum atomic E-state index is -0.254. The molecular weight excluding hydrogens is 372 g/mol. The molecule has 0 saturated carbocycles. The van der Waals surface area contributed by atoms with Crippen molar-refractivity contribution in [1.29, 1.82) is 0 Å². The van der Waals surface area contributed by atoms with E-state index in [0.717, 1.165) is 0 Å². The summed E-state index contributed by atoms with van der Waals surface area (Å²) >= 11 is 0. The topological polar surface area (TPSA) is 0 Å². The van der Waals surface area contributed by atoms with Gasteiger partial charge in [-0.1, -0.05) is 151 Å². The molecule has 0 bridgehead atoms. The van der Waals surface area contributed by atoms with Crippen LogP contribution in [0.15, 0.2) is 109 Å². The lowest BCUT2D eigenvalue weighted by molar-refractivity contribution is 0.768. The van der Waals surface area contributed by atoms with Crippen molar-refractivity contribution in [3.63, 3.8) is 0 Å². The Morgan fingerprint density at radius 2 is 0.645 bits per heavy atom. The standard InChI is InChI=1S/C25H18.3C2H6/c1-3-11-19(12-4-1)25(20-13-5-2-6-14-20)23-17-9-7-15-21(23)22-16-8-10-18-24(22)25;3*1-2/h1-18H;3*1-2H3. The van der Waals surface area contributed by atoms with E-state index in [9.17, 15) is 0 Å². The summed E-state index contributed by atoms with van der Waals surface area (Å²) in [7, 11) is 0. The first-order chi connectivity index (χ1) is 15.4. The Kier molecular flexibility index (Phi) is 9.28. The Morgan fingerprint density at radius 3 is 1.00 bits per heavy atom. The van der Waals surface area contributed by atoms with Crippen LogP contribution in [0.25, 0.3) is 11.1 Å². The molecule has 0 nitrogen and oxygen atoms in total. The predicted octanol–water partition coefficient (Wildman–Crippen LogP) is 9.13. The van der Waals surface area contributed by atoms with Crippen LogP contribution in [0.3, 0.4) is 0 Å². The normalized spacial score (nSPS) is 11.8. The zero-order chi connectivity index (χ0) is 22.7. The second-order valence-corrected chi connectivity index (χ2v) is 6.57. The van der Waals surface area contributed by atoms with E-state index in [-0.39, 0.29) is 5.41 Å². The van der Waals surface area contributed by atoms with Crippen molar-refractivity contribution < 1.29 is 0 Å². The summed E-state index contributed by atoms with van der Waals surface area (Å²) in [6.45, 7) is 12.0. The van der Waals surface area contributed by atoms with Crippen molar-refractivity contribution in [1.82, 2.24) is 0 Å². The van der Waals surface area contributed by atoms with Gasteiger partial charge in [-0.25, -0.2) is 0 Å². The SMILES string of the molecule is CC.CC.CC.c1ccc(C2(c3ccccc3)c3ccccc3-c3ccccc32)cc1. The molecular formula is C31H36. The van der Waals surface area contributed by atoms with E-state index >= 15 is 0 Å². The summed E-state index contributed by atoms with van der Waals surface area (Å²) in [5.74, 6) is 0. The molecule has 0 unspecified atom stereocenters. The van der Waals surface area contributed by atoms with Gasteiger partial charge in [0.1, 0.15) is 0 Å². The van der Waals surface area contributed by atoms with Crippen molar-refractivity contribution in [2.24, 2.45) is 0 Å². The van der Waals surface area contributed by atoms with Crippen LogP contribution in [0, 0.1) is 0 Å². The zero-order valence-electron chi connectivity index (χ0n) is 19.9. The summed E-state index contributed by atoms with van der Waals surface area (Å²) < 4.78 is 0. The lowest BCUT2D eigenvalue weighted by Crippen LogP contribution is -2.28. The molecule has 0 fully saturated rings. The Morgan fingerprint density at radius 1 is 0.355 bits per heavy atom. The summed E-state index contributed by atoms with van der Waals surface area (Å²) in [6, 6.07) is 39.5. The number of hydrogen-bond acceptors (Lipinski definition) is 0. The van der Waals surface area contributed by atoms with Crippen LogP contribution in [-0.4, -0.2) is 0 Å². The first kappa shape index (κ1) is 24.2. The molecule has 0 aromatic heterocycles. The summed E-state index contributed by atoms with van der Waals surface area (Å²) in [6.07, 6.45) is 0. The summed E-state index contributed by atoms with van der Waals surface area (Å²) in [5, 5.41) is 0. The fourth-order valence-corrected chi connectivity index (χ4v) is 4.40. The molecule has 4 aromatic rings. The maximum Gasteiger partial charge on any atom is 0.0713 e. The minimum Gasteiger partial charge on any atom is -0.0683 e. The predicted molar refractivity (Wildman–Crippen MR) is 138 cm³/mol. The van der Waals surface area contributed by atoms with Crippen molar-refractivity contribution in [2.75, 3.05) is 0 Å². The van der Waals surface area contributed by atoms with Crippen LogP contribution in [0.1, 0.15) is 63.8 Å². The van der Waals surface area contributed by atoms with Crippen LogP contribution in [0.4, 0.5) is 0 Å². The van der Waals surface area contributed by atoms with Gasteiger partial charge in [0.2, 0.25) is 0 Å². The molecule has 5 rings (SSSR count). The Labute approximate surface area is 189 Å². The third kappa shape index (κ3) is 4.21. The highest BCUT2D eigenvalue weighted by molar-refractivity contribution is 5.86. The van der Waals surface area contributed by atoms with Crippen molar-refractivity contribution in [2.45, 2.75) is 47.0 Å². The highest BCUT2D eigenvalue weighted by atomic mass is 14.5. The van der Waals surface area contributed by atoms with E-state index in [1.807, 2.05) is 41.5 Å². The monoisotopic (exact) mass is 408 g/mol. The molecule has 0 atom stereocenters. The molecule has 1 aliphatic carbocycles. The highest BCUT2D eigenvalue weighted by Crippen LogP contribution is 2.55. The molecule has 0 heterocycles. The average molecular weight is 409 g/mol. The number of benzene rings is 4. The Bertz CT molecular complexity index is 943. The molecule has 0 heteroatoms. The van der Waals surface area contributed by atoms with Gasteiger partial charge in [0.15, 0.2) is 0 Å². The minimum absolute atomic E-state index is 0.254. The number of rotatable bonds is 2. The van der Waals surface area contributed by atoms with Crippen molar-refractivity contribution in [3.8, 4) is 11.1 Å². The highest BCUT2D eigenvalue weighted by Gasteiger charge is 2.45. The largest absolute Gasteiger partial charge is 0.0713 e. The van der Waals surface area contributed by atoms with Gasteiger partial charge in [0.05, 0.1) is 5.41 Å². The van der Waals surface area contributed by atoms with Gasteiger partial charge in [-0.3, -0.25) is 0 Å². The van der Waals surface area contributed by atoms with Crippen LogP contribution < -0.4 is 0 Å². The first-order valence-corrected chi connectivity index (χ1v) is 11.7. The third-order valence-corrected chi connectivity index (χ3v) is 5.37. The molecule has 0 amide bonds. The van der Waals surface area contributed by atoms with Crippen molar-refractivity contribution in [3.05, 3.63) is 131 Å². The maximum absolute atomic E-state index is 2.29. The van der Waals surface area contributed by atoms with Gasteiger partial charge in [-0.15, -0.1) is 0 Å². The Hall–Kier alpha value is -3.12. The molecule has 0 spiro atoms. The second kappa shape index (κ2) is 11.9. The maximum atomic E-state index is 2.29. The quantitative estimate of drug-likeness (QED) is 0.273. The molecule has 0 saturated heterocycles. The van der Waals surface area contributed by atoms with Gasteiger partial charge in [-0.2, -0.15) is 0 Å². The van der Waals surface area contributed by atoms with Gasteiger partial charge in [-0.05, 0) is 33.4 Å². The van der Waals surface area contributed by atoms with Crippen LogP contribution in [-0.2, 0) is 5.41 Å². The fraction of sp³-hybridized carbons (Fsp3) is 0.226. The molecule has 4 aromatic carbocycles. The van der Waals surface area contributed by atoms with E-state index in [0.29, 0.717) is 0 Å². The Balaban J connectivity index is 0.000000527. The molecule has 160 valence electrons. The fourth-order valence-electron chi connectivity index (χ4n) is 4.40. The van der Waals surface area contributed by atoms with E-state index < -0.39 is 0 Å². The molecule has 0 radical (unpaired) electrons. The third-order valence-electron chi connectivity index (χ3n) is 5.37. The van der Waals surface area contributed by atoms with Crippen molar-refractivity contribution >= 4 is 0 Å². The number of hydrogen-bond donors (Lipinski definition) is 0. The van der Waals surface area contributed by atoms with Gasteiger partial charge >= 0.3 is 0 Å². The molecule has 1 aliphatic rings. The number of fused-ring (bicyclic) bond motifs is 3. The second-order valence-electron chi connectivity index (χ2n) is 6.57. The average Bonchev–Trinajstić information content (AvgIpc) is 3.20. The van der Waals surface area contributed by atoms with Crippen LogP contribution in [0.2, 0.25) is 0 Å². The van der Waals surface area contributed by atoms with Crippen LogP contribution >= 0.6 is 0 Å². The lowest BCUT2D eigenvalue weighted by Gasteiger charge is -2.33. The van der Waals surface area contributed by atoms with E-state index in [1.54, 1.807) is 0 Å². The van der Waals surface area contributed by atoms with Gasteiger partial charge in [0, 0.05) is 0 Å². The molecule has 0 N–H and O–H groups in total. The smallest absolute Gasteiger partial charge is 0.0683 e. The molecule has 31 heavy (non-hydrogen) atoms.